The second-order valence-corrected chi connectivity index (χ2v) is 5.17. The summed E-state index contributed by atoms with van der Waals surface area (Å²) in [6, 6.07) is 0.866. The van der Waals surface area contributed by atoms with Crippen LogP contribution in [-0.2, 0) is 0 Å². The Morgan fingerprint density at radius 1 is 0.929 bits per heavy atom. The lowest BCUT2D eigenvalue weighted by molar-refractivity contribution is 0.265. The lowest BCUT2D eigenvalue weighted by atomic mass is 9.86. The highest BCUT2D eigenvalue weighted by Crippen LogP contribution is 2.37. The summed E-state index contributed by atoms with van der Waals surface area (Å²) in [5.74, 6) is 2.02. The summed E-state index contributed by atoms with van der Waals surface area (Å²) in [5, 5.41) is 3.77. The maximum Gasteiger partial charge on any atom is 0.0123 e. The molecule has 0 atom stereocenters. The van der Waals surface area contributed by atoms with Gasteiger partial charge in [0.15, 0.2) is 0 Å². The lowest BCUT2D eigenvalue weighted by Crippen LogP contribution is -2.40. The highest BCUT2D eigenvalue weighted by molar-refractivity contribution is 4.87. The standard InChI is InChI=1S/C13H25N/c1-2-14-13(11-7-3-4-8-11)12-9-5-6-10-12/h11-14H,2-10H2,1H3. The van der Waals surface area contributed by atoms with Crippen molar-refractivity contribution in [1.29, 1.82) is 0 Å². The van der Waals surface area contributed by atoms with Crippen LogP contribution >= 0.6 is 0 Å². The molecule has 1 heteroatoms. The van der Waals surface area contributed by atoms with E-state index >= 15 is 0 Å². The fraction of sp³-hybridized carbons (Fsp3) is 1.00. The van der Waals surface area contributed by atoms with Crippen molar-refractivity contribution in [3.05, 3.63) is 0 Å². The molecule has 0 aliphatic heterocycles. The van der Waals surface area contributed by atoms with E-state index < -0.39 is 0 Å². The molecule has 0 spiro atoms. The monoisotopic (exact) mass is 195 g/mol. The molecule has 0 aromatic rings. The van der Waals surface area contributed by atoms with Gasteiger partial charge in [0.2, 0.25) is 0 Å². The van der Waals surface area contributed by atoms with Gasteiger partial charge in [0.25, 0.3) is 0 Å². The Balaban J connectivity index is 1.91. The first kappa shape index (κ1) is 10.5. The van der Waals surface area contributed by atoms with Crippen molar-refractivity contribution in [2.75, 3.05) is 6.54 Å². The SMILES string of the molecule is CCNC(C1CCCC1)C1CCCC1. The molecule has 82 valence electrons. The highest BCUT2D eigenvalue weighted by Gasteiger charge is 2.32. The molecule has 0 heterocycles. The third-order valence-electron chi connectivity index (χ3n) is 4.26. The van der Waals surface area contributed by atoms with Gasteiger partial charge in [0.05, 0.1) is 0 Å². The van der Waals surface area contributed by atoms with Crippen LogP contribution in [0.25, 0.3) is 0 Å². The molecule has 2 rings (SSSR count). The van der Waals surface area contributed by atoms with Crippen LogP contribution in [0.5, 0.6) is 0 Å². The van der Waals surface area contributed by atoms with Gasteiger partial charge >= 0.3 is 0 Å². The van der Waals surface area contributed by atoms with Crippen LogP contribution in [0.2, 0.25) is 0 Å². The van der Waals surface area contributed by atoms with E-state index in [-0.39, 0.29) is 0 Å². The van der Waals surface area contributed by atoms with E-state index in [1.54, 1.807) is 0 Å². The van der Waals surface area contributed by atoms with Gasteiger partial charge in [0.1, 0.15) is 0 Å². The Morgan fingerprint density at radius 2 is 1.36 bits per heavy atom. The summed E-state index contributed by atoms with van der Waals surface area (Å²) in [5.41, 5.74) is 0. The maximum atomic E-state index is 3.77. The lowest BCUT2D eigenvalue weighted by Gasteiger charge is -2.30. The molecule has 2 aliphatic carbocycles. The van der Waals surface area contributed by atoms with Crippen molar-refractivity contribution in [2.45, 2.75) is 64.3 Å². The molecular weight excluding hydrogens is 170 g/mol. The van der Waals surface area contributed by atoms with Gasteiger partial charge in [-0.05, 0) is 44.1 Å². The molecule has 0 unspecified atom stereocenters. The van der Waals surface area contributed by atoms with Crippen LogP contribution in [0.3, 0.4) is 0 Å². The van der Waals surface area contributed by atoms with E-state index in [0.29, 0.717) is 0 Å². The molecule has 0 amide bonds. The predicted molar refractivity (Wildman–Crippen MR) is 61.4 cm³/mol. The molecule has 0 radical (unpaired) electrons. The van der Waals surface area contributed by atoms with E-state index in [1.165, 1.54) is 51.4 Å². The second kappa shape index (κ2) is 5.16. The van der Waals surface area contributed by atoms with E-state index in [4.69, 9.17) is 0 Å². The quantitative estimate of drug-likeness (QED) is 0.725. The zero-order chi connectivity index (χ0) is 9.80. The van der Waals surface area contributed by atoms with Crippen LogP contribution in [0, 0.1) is 11.8 Å². The van der Waals surface area contributed by atoms with Crippen molar-refractivity contribution in [1.82, 2.24) is 5.32 Å². The molecule has 0 aromatic carbocycles. The van der Waals surface area contributed by atoms with Crippen molar-refractivity contribution < 1.29 is 0 Å². The van der Waals surface area contributed by atoms with Crippen molar-refractivity contribution in [2.24, 2.45) is 11.8 Å². The highest BCUT2D eigenvalue weighted by atomic mass is 14.9. The molecule has 1 N–H and O–H groups in total. The largest absolute Gasteiger partial charge is 0.314 e. The molecule has 0 saturated heterocycles. The molecule has 2 fully saturated rings. The molecule has 14 heavy (non-hydrogen) atoms. The minimum absolute atomic E-state index is 0.866. The van der Waals surface area contributed by atoms with Crippen molar-refractivity contribution in [3.63, 3.8) is 0 Å². The number of nitrogens with one attached hydrogen (secondary N) is 1. The summed E-state index contributed by atoms with van der Waals surface area (Å²) < 4.78 is 0. The number of rotatable bonds is 4. The van der Waals surface area contributed by atoms with Crippen LogP contribution in [0.1, 0.15) is 58.3 Å². The topological polar surface area (TPSA) is 12.0 Å². The van der Waals surface area contributed by atoms with Gasteiger partial charge in [-0.3, -0.25) is 0 Å². The summed E-state index contributed by atoms with van der Waals surface area (Å²) in [6.07, 6.45) is 11.9. The van der Waals surface area contributed by atoms with Crippen LogP contribution in [-0.4, -0.2) is 12.6 Å². The Kier molecular flexibility index (Phi) is 3.86. The van der Waals surface area contributed by atoms with Crippen LogP contribution < -0.4 is 5.32 Å². The summed E-state index contributed by atoms with van der Waals surface area (Å²) in [6.45, 7) is 3.43. The third kappa shape index (κ3) is 2.31. The molecule has 2 saturated carbocycles. The Bertz CT molecular complexity index is 139. The van der Waals surface area contributed by atoms with Gasteiger partial charge in [0, 0.05) is 6.04 Å². The summed E-state index contributed by atoms with van der Waals surface area (Å²) in [7, 11) is 0. The van der Waals surface area contributed by atoms with E-state index in [1.807, 2.05) is 0 Å². The zero-order valence-corrected chi connectivity index (χ0v) is 9.60. The van der Waals surface area contributed by atoms with E-state index in [2.05, 4.69) is 12.2 Å². The fourth-order valence-corrected chi connectivity index (χ4v) is 3.59. The van der Waals surface area contributed by atoms with E-state index in [0.717, 1.165) is 24.4 Å². The number of hydrogen-bond acceptors (Lipinski definition) is 1. The smallest absolute Gasteiger partial charge is 0.0123 e. The maximum absolute atomic E-state index is 3.77. The average Bonchev–Trinajstić information content (AvgIpc) is 2.87. The Hall–Kier alpha value is -0.0400. The van der Waals surface area contributed by atoms with Gasteiger partial charge in [-0.25, -0.2) is 0 Å². The van der Waals surface area contributed by atoms with Gasteiger partial charge < -0.3 is 5.32 Å². The van der Waals surface area contributed by atoms with Crippen molar-refractivity contribution in [3.8, 4) is 0 Å². The zero-order valence-electron chi connectivity index (χ0n) is 9.60. The minimum atomic E-state index is 0.866. The second-order valence-electron chi connectivity index (χ2n) is 5.17. The van der Waals surface area contributed by atoms with Gasteiger partial charge in [-0.15, -0.1) is 0 Å². The first-order valence-electron chi connectivity index (χ1n) is 6.65. The number of hydrogen-bond donors (Lipinski definition) is 1. The van der Waals surface area contributed by atoms with Crippen molar-refractivity contribution >= 4 is 0 Å². The molecular formula is C13H25N. The Morgan fingerprint density at radius 3 is 1.71 bits per heavy atom. The average molecular weight is 195 g/mol. The Labute approximate surface area is 88.7 Å². The van der Waals surface area contributed by atoms with Crippen LogP contribution in [0.15, 0.2) is 0 Å². The minimum Gasteiger partial charge on any atom is -0.314 e. The molecule has 0 aromatic heterocycles. The normalized spacial score (nSPS) is 25.3. The summed E-state index contributed by atoms with van der Waals surface area (Å²) >= 11 is 0. The molecule has 0 bridgehead atoms. The summed E-state index contributed by atoms with van der Waals surface area (Å²) in [4.78, 5) is 0. The molecule has 1 nitrogen and oxygen atoms in total. The first-order chi connectivity index (χ1) is 6.92. The van der Waals surface area contributed by atoms with Gasteiger partial charge in [-0.1, -0.05) is 32.6 Å². The first-order valence-corrected chi connectivity index (χ1v) is 6.65. The predicted octanol–water partition coefficient (Wildman–Crippen LogP) is 3.34. The third-order valence-corrected chi connectivity index (χ3v) is 4.26. The van der Waals surface area contributed by atoms with E-state index in [9.17, 15) is 0 Å². The van der Waals surface area contributed by atoms with Gasteiger partial charge in [-0.2, -0.15) is 0 Å². The van der Waals surface area contributed by atoms with Crippen LogP contribution in [0.4, 0.5) is 0 Å². The fourth-order valence-electron chi connectivity index (χ4n) is 3.59. The molecule has 2 aliphatic rings.